The summed E-state index contributed by atoms with van der Waals surface area (Å²) in [5, 5.41) is 16.0. The fourth-order valence-electron chi connectivity index (χ4n) is 3.99. The molecule has 0 aliphatic heterocycles. The van der Waals surface area contributed by atoms with Crippen LogP contribution in [0.2, 0.25) is 0 Å². The van der Waals surface area contributed by atoms with Crippen molar-refractivity contribution in [3.63, 3.8) is 0 Å². The quantitative estimate of drug-likeness (QED) is 0.220. The lowest BCUT2D eigenvalue weighted by Crippen LogP contribution is -2.08. The van der Waals surface area contributed by atoms with Gasteiger partial charge in [-0.25, -0.2) is 14.4 Å². The first-order valence-electron chi connectivity index (χ1n) is 12.6. The van der Waals surface area contributed by atoms with Crippen molar-refractivity contribution in [1.29, 1.82) is 5.26 Å². The van der Waals surface area contributed by atoms with Crippen LogP contribution < -0.4 is 16.4 Å². The number of anilines is 2. The number of nitrogens with one attached hydrogen (secondary N) is 2. The predicted octanol–water partition coefficient (Wildman–Crippen LogP) is 6.07. The second-order valence-corrected chi connectivity index (χ2v) is 8.38. The molecule has 0 aliphatic rings. The molecular formula is C31H34FN7O. The molecule has 2 heterocycles. The van der Waals surface area contributed by atoms with Gasteiger partial charge in [0.2, 0.25) is 0 Å². The Morgan fingerprint density at radius 2 is 1.62 bits per heavy atom. The zero-order valence-corrected chi connectivity index (χ0v) is 23.0. The molecule has 9 heteroatoms. The third-order valence-electron chi connectivity index (χ3n) is 6.01. The Labute approximate surface area is 234 Å². The number of nitrogens with two attached hydrogens (primary N) is 1. The van der Waals surface area contributed by atoms with E-state index < -0.39 is 0 Å². The maximum absolute atomic E-state index is 13.4. The van der Waals surface area contributed by atoms with E-state index in [0.29, 0.717) is 17.9 Å². The molecule has 206 valence electrons. The number of nitriles is 1. The number of rotatable bonds is 9. The number of hydrogen-bond acceptors (Lipinski definition) is 8. The number of nitrogens with zero attached hydrogens (tertiary/aromatic N) is 4. The number of aliphatic imine (C=N–C) groups is 1. The molecule has 0 unspecified atom stereocenters. The zero-order valence-electron chi connectivity index (χ0n) is 23.0. The first-order chi connectivity index (χ1) is 19.5. The Morgan fingerprint density at radius 1 is 0.975 bits per heavy atom. The van der Waals surface area contributed by atoms with E-state index in [2.05, 4.69) is 44.1 Å². The largest absolute Gasteiger partial charge is 0.369 e. The molecule has 0 spiro atoms. The molecule has 0 saturated carbocycles. The summed E-state index contributed by atoms with van der Waals surface area (Å²) >= 11 is 0. The van der Waals surface area contributed by atoms with Crippen molar-refractivity contribution < 1.29 is 9.18 Å². The van der Waals surface area contributed by atoms with E-state index in [9.17, 15) is 9.65 Å². The molecule has 0 bridgehead atoms. The van der Waals surface area contributed by atoms with Gasteiger partial charge in [0.15, 0.2) is 5.82 Å². The molecule has 4 N–H and O–H groups in total. The highest BCUT2D eigenvalue weighted by molar-refractivity contribution is 5.73. The van der Waals surface area contributed by atoms with Crippen LogP contribution in [-0.4, -0.2) is 37.1 Å². The second-order valence-electron chi connectivity index (χ2n) is 8.38. The first kappa shape index (κ1) is 31.3. The first-order valence-corrected chi connectivity index (χ1v) is 12.6. The molecule has 4 aromatic rings. The third-order valence-corrected chi connectivity index (χ3v) is 6.01. The van der Waals surface area contributed by atoms with E-state index in [1.807, 2.05) is 63.2 Å². The maximum atomic E-state index is 13.4. The predicted molar refractivity (Wildman–Crippen MR) is 160 cm³/mol. The van der Waals surface area contributed by atoms with Gasteiger partial charge in [0.25, 0.3) is 0 Å². The van der Waals surface area contributed by atoms with Crippen LogP contribution in [-0.2, 0) is 11.3 Å². The van der Waals surface area contributed by atoms with Crippen LogP contribution in [0.3, 0.4) is 0 Å². The summed E-state index contributed by atoms with van der Waals surface area (Å²) in [4.78, 5) is 21.1. The highest BCUT2D eigenvalue weighted by Gasteiger charge is 2.15. The van der Waals surface area contributed by atoms with Gasteiger partial charge >= 0.3 is 0 Å². The van der Waals surface area contributed by atoms with Crippen LogP contribution in [0.15, 0.2) is 78.0 Å². The molecular weight excluding hydrogens is 505 g/mol. The molecule has 0 aliphatic carbocycles. The molecule has 0 amide bonds. The number of benzene rings is 2. The Hall–Kier alpha value is -4.94. The van der Waals surface area contributed by atoms with Gasteiger partial charge in [-0.15, -0.1) is 0 Å². The molecule has 8 nitrogen and oxygen atoms in total. The number of pyridine rings is 2. The SMILES string of the molecule is C=Nc1cc(-c2ccc(CNc3ncc(C#N)cc3[C@@H](C)c3ccc(F)cc3)cc2)cnc1NCC.C=O.CN. The number of halogens is 1. The number of aromatic nitrogens is 2. The summed E-state index contributed by atoms with van der Waals surface area (Å²) in [5.74, 6) is 1.07. The van der Waals surface area contributed by atoms with Crippen molar-refractivity contribution in [1.82, 2.24) is 9.97 Å². The second kappa shape index (κ2) is 16.1. The summed E-state index contributed by atoms with van der Waals surface area (Å²) in [5.41, 5.74) is 10.6. The molecule has 40 heavy (non-hydrogen) atoms. The average Bonchev–Trinajstić information content (AvgIpc) is 3.02. The molecule has 2 aromatic heterocycles. The minimum atomic E-state index is -0.280. The Morgan fingerprint density at radius 3 is 2.23 bits per heavy atom. The molecule has 4 rings (SSSR count). The lowest BCUT2D eigenvalue weighted by molar-refractivity contribution is -0.0980. The summed E-state index contributed by atoms with van der Waals surface area (Å²) in [6.45, 7) is 11.0. The van der Waals surface area contributed by atoms with Gasteiger partial charge < -0.3 is 21.2 Å². The Bertz CT molecular complexity index is 1420. The van der Waals surface area contributed by atoms with Gasteiger partial charge in [-0.05, 0) is 61.6 Å². The summed E-state index contributed by atoms with van der Waals surface area (Å²) in [6, 6.07) is 20.5. The minimum absolute atomic E-state index is 0.0680. The molecule has 1 atom stereocenters. The van der Waals surface area contributed by atoms with Crippen LogP contribution in [0.1, 0.15) is 42.0 Å². The van der Waals surface area contributed by atoms with Crippen LogP contribution in [0, 0.1) is 17.1 Å². The monoisotopic (exact) mass is 539 g/mol. The smallest absolute Gasteiger partial charge is 0.151 e. The van der Waals surface area contributed by atoms with Gasteiger partial charge in [0.05, 0.1) is 5.56 Å². The van der Waals surface area contributed by atoms with Crippen molar-refractivity contribution in [3.8, 4) is 17.2 Å². The third kappa shape index (κ3) is 8.03. The van der Waals surface area contributed by atoms with E-state index in [-0.39, 0.29) is 11.7 Å². The maximum Gasteiger partial charge on any atom is 0.151 e. The van der Waals surface area contributed by atoms with Gasteiger partial charge in [0.1, 0.15) is 30.2 Å². The summed E-state index contributed by atoms with van der Waals surface area (Å²) in [7, 11) is 1.50. The van der Waals surface area contributed by atoms with E-state index in [1.165, 1.54) is 19.2 Å². The minimum Gasteiger partial charge on any atom is -0.369 e. The van der Waals surface area contributed by atoms with Crippen molar-refractivity contribution in [2.75, 3.05) is 24.2 Å². The molecule has 0 saturated heterocycles. The fraction of sp³-hybridized carbons (Fsp3) is 0.194. The van der Waals surface area contributed by atoms with Crippen molar-refractivity contribution in [2.24, 2.45) is 10.7 Å². The van der Waals surface area contributed by atoms with Crippen molar-refractivity contribution >= 4 is 30.8 Å². The van der Waals surface area contributed by atoms with E-state index in [4.69, 9.17) is 4.79 Å². The van der Waals surface area contributed by atoms with Gasteiger partial charge in [-0.2, -0.15) is 5.26 Å². The van der Waals surface area contributed by atoms with Crippen molar-refractivity contribution in [2.45, 2.75) is 26.3 Å². The standard InChI is InChI=1S/C29H27FN6.CH5N.CH2O/c1-4-33-29-27(32-3)14-24(18-36-29)23-7-5-20(6-8-23)16-34-28-26(13-21(15-31)17-35-28)19(2)22-9-11-25(30)12-10-22;2*1-2/h5-14,17-19H,3-4,16H2,1-2H3,(H,33,36)(H,34,35);2H2,1H3;1H2/t19-;;/m0../s1. The van der Waals surface area contributed by atoms with Crippen molar-refractivity contribution in [3.05, 3.63) is 101 Å². The highest BCUT2D eigenvalue weighted by atomic mass is 19.1. The molecule has 2 aromatic carbocycles. The van der Waals surface area contributed by atoms with Gasteiger partial charge in [-0.3, -0.25) is 4.99 Å². The highest BCUT2D eigenvalue weighted by Crippen LogP contribution is 2.31. The van der Waals surface area contributed by atoms with Gasteiger partial charge in [-0.1, -0.05) is 43.3 Å². The van der Waals surface area contributed by atoms with Gasteiger partial charge in [0, 0.05) is 42.5 Å². The average molecular weight is 540 g/mol. The zero-order chi connectivity index (χ0) is 29.5. The molecule has 0 fully saturated rings. The lowest BCUT2D eigenvalue weighted by atomic mass is 9.92. The number of hydrogen-bond donors (Lipinski definition) is 3. The topological polar surface area (TPSA) is 129 Å². The normalized spacial score (nSPS) is 10.5. The number of carbonyl (C=O) groups is 1. The molecule has 0 radical (unpaired) electrons. The summed E-state index contributed by atoms with van der Waals surface area (Å²) in [6.07, 6.45) is 3.38. The lowest BCUT2D eigenvalue weighted by Gasteiger charge is -2.18. The van der Waals surface area contributed by atoms with Crippen LogP contribution in [0.25, 0.3) is 11.1 Å². The summed E-state index contributed by atoms with van der Waals surface area (Å²) < 4.78 is 13.4. The Kier molecular flexibility index (Phi) is 12.6. The van der Waals surface area contributed by atoms with Crippen LogP contribution in [0.5, 0.6) is 0 Å². The van der Waals surface area contributed by atoms with E-state index in [0.717, 1.165) is 45.9 Å². The van der Waals surface area contributed by atoms with E-state index in [1.54, 1.807) is 18.3 Å². The number of carbonyl (C=O) groups excluding carboxylic acids is 1. The fourth-order valence-corrected chi connectivity index (χ4v) is 3.99. The van der Waals surface area contributed by atoms with E-state index >= 15 is 0 Å². The Balaban J connectivity index is 0.00000134. The van der Waals surface area contributed by atoms with Crippen LogP contribution in [0.4, 0.5) is 21.7 Å². The van der Waals surface area contributed by atoms with Crippen LogP contribution >= 0.6 is 0 Å².